The minimum absolute atomic E-state index is 0.294. The van der Waals surface area contributed by atoms with Gasteiger partial charge in [-0.25, -0.2) is 0 Å². The molecule has 2 aliphatic carbocycles. The number of hydrogen-bond acceptors (Lipinski definition) is 16. The molecule has 4 aromatic rings. The van der Waals surface area contributed by atoms with Gasteiger partial charge in [0, 0.05) is 11.3 Å². The largest absolute Gasteiger partial charge is 0.398 e. The van der Waals surface area contributed by atoms with E-state index in [9.17, 15) is 61.5 Å². The summed E-state index contributed by atoms with van der Waals surface area (Å²) < 4.78 is 134. The smallest absolute Gasteiger partial charge is 0.296 e. The summed E-state index contributed by atoms with van der Waals surface area (Å²) in [5.74, 6) is -2.07. The van der Waals surface area contributed by atoms with Crippen LogP contribution in [-0.4, -0.2) is 74.9 Å². The number of anilines is 4. The van der Waals surface area contributed by atoms with Gasteiger partial charge < -0.3 is 11.5 Å². The molecule has 302 valence electrons. The van der Waals surface area contributed by atoms with Crippen molar-refractivity contribution in [1.29, 1.82) is 0 Å². The van der Waals surface area contributed by atoms with Crippen molar-refractivity contribution in [3.05, 3.63) is 99.0 Å². The number of allylic oxidation sites excluding steroid dienone is 2. The van der Waals surface area contributed by atoms with E-state index in [-0.39, 0.29) is 16.8 Å². The van der Waals surface area contributed by atoms with Gasteiger partial charge in [-0.1, -0.05) is 18.2 Å². The molecule has 10 N–H and O–H groups in total. The Bertz CT molecular complexity index is 3140. The van der Waals surface area contributed by atoms with E-state index in [0.717, 1.165) is 30.4 Å². The highest BCUT2D eigenvalue weighted by atomic mass is 32.2. The average molecular weight is 873 g/mol. The lowest BCUT2D eigenvalue weighted by Gasteiger charge is -2.19. The molecule has 0 saturated heterocycles. The van der Waals surface area contributed by atoms with E-state index in [1.807, 2.05) is 0 Å². The van der Waals surface area contributed by atoms with Gasteiger partial charge in [0.1, 0.15) is 20.4 Å². The molecular formula is C34H28N6O14S4. The molecule has 0 aromatic heterocycles. The first-order chi connectivity index (χ1) is 26.8. The van der Waals surface area contributed by atoms with E-state index in [4.69, 9.17) is 11.5 Å². The van der Waals surface area contributed by atoms with Crippen LogP contribution in [0.1, 0.15) is 43.0 Å². The van der Waals surface area contributed by atoms with Crippen LogP contribution in [0, 0.1) is 13.8 Å². The molecule has 6 rings (SSSR count). The zero-order valence-electron chi connectivity index (χ0n) is 29.5. The summed E-state index contributed by atoms with van der Waals surface area (Å²) in [6.45, 7) is 3.39. The maximum atomic E-state index is 13.4. The Morgan fingerprint density at radius 1 is 0.603 bits per heavy atom. The van der Waals surface area contributed by atoms with Crippen molar-refractivity contribution in [3.63, 3.8) is 0 Å². The second kappa shape index (κ2) is 14.4. The van der Waals surface area contributed by atoms with E-state index in [0.29, 0.717) is 39.7 Å². The highest BCUT2D eigenvalue weighted by molar-refractivity contribution is 7.91. The fourth-order valence-electron chi connectivity index (χ4n) is 6.06. The van der Waals surface area contributed by atoms with E-state index < -0.39 is 99.8 Å². The van der Waals surface area contributed by atoms with Crippen LogP contribution in [0.3, 0.4) is 0 Å². The second-order valence-electron chi connectivity index (χ2n) is 12.7. The monoisotopic (exact) mass is 872 g/mol. The van der Waals surface area contributed by atoms with Crippen LogP contribution in [0.25, 0.3) is 23.3 Å². The first-order valence-corrected chi connectivity index (χ1v) is 21.7. The summed E-state index contributed by atoms with van der Waals surface area (Å²) in [6, 6.07) is 12.1. The summed E-state index contributed by atoms with van der Waals surface area (Å²) in [5.41, 5.74) is 16.5. The number of aryl methyl sites for hydroxylation is 2. The number of fused-ring (bicyclic) bond motifs is 2. The molecule has 0 heterocycles. The molecule has 0 unspecified atom stereocenters. The van der Waals surface area contributed by atoms with Crippen molar-refractivity contribution in [1.82, 2.24) is 0 Å². The number of nitrogens with two attached hydrogens (primary N) is 2. The zero-order valence-corrected chi connectivity index (χ0v) is 32.7. The number of ketones is 2. The maximum absolute atomic E-state index is 13.4. The third kappa shape index (κ3) is 7.89. The third-order valence-electron chi connectivity index (χ3n) is 8.84. The summed E-state index contributed by atoms with van der Waals surface area (Å²) in [7, 11) is -20.1. The summed E-state index contributed by atoms with van der Waals surface area (Å²) in [4.78, 5) is 23.0. The Labute approximate surface area is 329 Å². The number of nitrogens with zero attached hydrogens (tertiary/aromatic N) is 2. The van der Waals surface area contributed by atoms with Crippen molar-refractivity contribution in [2.45, 2.75) is 28.5 Å². The Balaban J connectivity index is 1.25. The van der Waals surface area contributed by atoms with Gasteiger partial charge in [-0.2, -0.15) is 43.9 Å². The molecule has 20 nitrogen and oxygen atoms in total. The molecule has 0 saturated carbocycles. The Kier molecular flexibility index (Phi) is 10.3. The average Bonchev–Trinajstić information content (AvgIpc) is 3.09. The third-order valence-corrected chi connectivity index (χ3v) is 12.3. The molecule has 58 heavy (non-hydrogen) atoms. The lowest BCUT2D eigenvalue weighted by atomic mass is 9.93. The quantitative estimate of drug-likeness (QED) is 0.0678. The molecule has 0 fully saturated rings. The van der Waals surface area contributed by atoms with E-state index in [1.165, 1.54) is 0 Å². The first-order valence-electron chi connectivity index (χ1n) is 16.0. The number of nitrogen functional groups attached to an aromatic ring is 2. The fourth-order valence-corrected chi connectivity index (χ4v) is 8.70. The molecule has 0 atom stereocenters. The van der Waals surface area contributed by atoms with E-state index >= 15 is 0 Å². The number of carbonyl (C=O) groups is 2. The van der Waals surface area contributed by atoms with Gasteiger partial charge in [0.2, 0.25) is 11.6 Å². The lowest BCUT2D eigenvalue weighted by molar-refractivity contribution is 0.105. The number of nitrogens with one attached hydrogen (secondary N) is 2. The van der Waals surface area contributed by atoms with Gasteiger partial charge in [0.15, 0.2) is 5.71 Å². The standard InChI is InChI=1S/C34H28N6O14S4/c1-15-9-17(3-6-23(15)37-39-25-8-5-21-26(56(46,47)48)14-27(57(49,50)51)31(36)30(21)33(25)41)18-4-7-24(16(2)10-18)38-40-32-28(58(52,53)54)12-19-11-20(55(43,44)45)13-22(35)29(19)34(32)42/h3-14,37-38H,35-36H2,1-2H3,(H,43,44,45)(H,46,47,48)(H,49,50,51)(H,52,53,54)/b39-25-,40-32-. The Morgan fingerprint density at radius 3 is 1.66 bits per heavy atom. The first kappa shape index (κ1) is 41.5. The minimum Gasteiger partial charge on any atom is -0.398 e. The van der Waals surface area contributed by atoms with Gasteiger partial charge in [-0.05, 0) is 96.3 Å². The van der Waals surface area contributed by atoms with Crippen LogP contribution < -0.4 is 22.3 Å². The molecule has 0 amide bonds. The molecule has 4 aromatic carbocycles. The number of hydrazone groups is 2. The number of hydrogen-bond donors (Lipinski definition) is 8. The normalized spacial score (nSPS) is 15.9. The van der Waals surface area contributed by atoms with Crippen LogP contribution >= 0.6 is 0 Å². The van der Waals surface area contributed by atoms with Crippen molar-refractivity contribution >= 4 is 98.4 Å². The van der Waals surface area contributed by atoms with Gasteiger partial charge in [-0.15, -0.1) is 0 Å². The summed E-state index contributed by atoms with van der Waals surface area (Å²) in [5, 5.41) is 8.02. The summed E-state index contributed by atoms with van der Waals surface area (Å²) >= 11 is 0. The second-order valence-corrected chi connectivity index (χ2v) is 18.3. The predicted molar refractivity (Wildman–Crippen MR) is 212 cm³/mol. The molecule has 2 aliphatic rings. The minimum atomic E-state index is -5.12. The highest BCUT2D eigenvalue weighted by Crippen LogP contribution is 2.36. The number of carbonyl (C=O) groups excluding carboxylic acids is 2. The van der Waals surface area contributed by atoms with Gasteiger partial charge >= 0.3 is 0 Å². The molecular weight excluding hydrogens is 845 g/mol. The fraction of sp³-hybridized carbons (Fsp3) is 0.0588. The molecule has 0 aliphatic heterocycles. The molecule has 0 bridgehead atoms. The van der Waals surface area contributed by atoms with Crippen LogP contribution in [-0.2, 0) is 40.5 Å². The van der Waals surface area contributed by atoms with Gasteiger partial charge in [0.25, 0.3) is 40.5 Å². The molecule has 0 radical (unpaired) electrons. The SMILES string of the molecule is Cc1cc(-c2ccc(N/N=C3\C(=O)c4c(N)cc(S(=O)(=O)O)cc4C=C3S(=O)(=O)O)c(C)c2)ccc1N/N=C1/C=Cc2c(S(=O)(=O)O)cc(S(=O)(=O)O)c(N)c2C1=O. The maximum Gasteiger partial charge on any atom is 0.296 e. The number of rotatable bonds is 9. The Hall–Kier alpha value is -6.12. The Morgan fingerprint density at radius 2 is 1.16 bits per heavy atom. The summed E-state index contributed by atoms with van der Waals surface area (Å²) in [6.07, 6.45) is 3.00. The van der Waals surface area contributed by atoms with Crippen LogP contribution in [0.2, 0.25) is 0 Å². The van der Waals surface area contributed by atoms with Gasteiger partial charge in [0.05, 0.1) is 33.1 Å². The van der Waals surface area contributed by atoms with Crippen LogP contribution in [0.15, 0.2) is 90.5 Å². The zero-order chi connectivity index (χ0) is 42.9. The van der Waals surface area contributed by atoms with Crippen molar-refractivity contribution < 1.29 is 61.5 Å². The highest BCUT2D eigenvalue weighted by Gasteiger charge is 2.36. The van der Waals surface area contributed by atoms with Crippen molar-refractivity contribution in [3.8, 4) is 11.1 Å². The van der Waals surface area contributed by atoms with Crippen LogP contribution in [0.4, 0.5) is 22.7 Å². The van der Waals surface area contributed by atoms with E-state index in [1.54, 1.807) is 50.2 Å². The van der Waals surface area contributed by atoms with E-state index in [2.05, 4.69) is 21.1 Å². The van der Waals surface area contributed by atoms with Crippen LogP contribution in [0.5, 0.6) is 0 Å². The van der Waals surface area contributed by atoms with Crippen molar-refractivity contribution in [2.24, 2.45) is 10.2 Å². The molecule has 0 spiro atoms. The topological polar surface area (TPSA) is 352 Å². The van der Waals surface area contributed by atoms with Gasteiger partial charge in [-0.3, -0.25) is 38.7 Å². The van der Waals surface area contributed by atoms with Crippen molar-refractivity contribution in [2.75, 3.05) is 22.3 Å². The molecule has 24 heteroatoms. The number of benzene rings is 4. The lowest BCUT2D eigenvalue weighted by Crippen LogP contribution is -2.28. The number of Topliss-reactive ketones (excluding diaryl/α,β-unsaturated/α-hetero) is 2. The predicted octanol–water partition coefficient (Wildman–Crippen LogP) is 3.45.